The Hall–Kier alpha value is -5.17. The van der Waals surface area contributed by atoms with Gasteiger partial charge in [0.1, 0.15) is 23.9 Å². The summed E-state index contributed by atoms with van der Waals surface area (Å²) in [7, 11) is 0. The molecular weight excluding hydrogens is 492 g/mol. The first-order chi connectivity index (χ1) is 19.0. The average Bonchev–Trinajstić information content (AvgIpc) is 2.97. The number of carbonyl (C=O) groups is 2. The van der Waals surface area contributed by atoms with Crippen LogP contribution in [0.2, 0.25) is 0 Å². The minimum atomic E-state index is -0.760. The number of esters is 1. The van der Waals surface area contributed by atoms with Crippen LogP contribution in [0.15, 0.2) is 120 Å². The summed E-state index contributed by atoms with van der Waals surface area (Å²) in [6.07, 6.45) is 3.79. The van der Waals surface area contributed by atoms with Gasteiger partial charge in [-0.1, -0.05) is 60.7 Å². The standard InChI is InChI=1S/C32H28N2O5/c1-24(38-29-19-17-28(18-20-29)37-23-27-10-6-3-7-11-27)32(36)34-33-22-26-12-15-30(16-13-26)39-31(35)21-14-25-8-4-2-5-9-25/h2-22,24H,23H2,1H3,(H,34,36). The Kier molecular flexibility index (Phi) is 9.61. The van der Waals surface area contributed by atoms with Crippen molar-refractivity contribution in [3.8, 4) is 17.2 Å². The molecule has 0 aromatic heterocycles. The molecule has 7 nitrogen and oxygen atoms in total. The second-order valence-corrected chi connectivity index (χ2v) is 8.47. The van der Waals surface area contributed by atoms with Gasteiger partial charge >= 0.3 is 5.97 Å². The molecule has 0 heterocycles. The molecule has 196 valence electrons. The predicted molar refractivity (Wildman–Crippen MR) is 151 cm³/mol. The van der Waals surface area contributed by atoms with Crippen LogP contribution < -0.4 is 19.6 Å². The van der Waals surface area contributed by atoms with Gasteiger partial charge in [0.25, 0.3) is 5.91 Å². The minimum Gasteiger partial charge on any atom is -0.489 e. The van der Waals surface area contributed by atoms with Gasteiger partial charge in [0.15, 0.2) is 6.10 Å². The van der Waals surface area contributed by atoms with E-state index in [1.165, 1.54) is 12.3 Å². The van der Waals surface area contributed by atoms with E-state index in [2.05, 4.69) is 10.5 Å². The van der Waals surface area contributed by atoms with Crippen molar-refractivity contribution in [3.05, 3.63) is 132 Å². The monoisotopic (exact) mass is 520 g/mol. The molecule has 1 amide bonds. The summed E-state index contributed by atoms with van der Waals surface area (Å²) in [5.41, 5.74) is 5.17. The molecule has 7 heteroatoms. The molecule has 0 radical (unpaired) electrons. The van der Waals surface area contributed by atoms with E-state index in [0.29, 0.717) is 23.9 Å². The molecule has 4 rings (SSSR count). The highest BCUT2D eigenvalue weighted by Gasteiger charge is 2.14. The summed E-state index contributed by atoms with van der Waals surface area (Å²) in [4.78, 5) is 24.4. The van der Waals surface area contributed by atoms with E-state index in [9.17, 15) is 9.59 Å². The number of carbonyl (C=O) groups excluding carboxylic acids is 2. The molecule has 4 aromatic carbocycles. The summed E-state index contributed by atoms with van der Waals surface area (Å²) in [6, 6.07) is 33.2. The molecule has 0 aliphatic rings. The third-order valence-corrected chi connectivity index (χ3v) is 5.45. The lowest BCUT2D eigenvalue weighted by Gasteiger charge is -2.13. The molecule has 0 saturated carbocycles. The summed E-state index contributed by atoms with van der Waals surface area (Å²) in [5, 5.41) is 3.98. The van der Waals surface area contributed by atoms with E-state index in [0.717, 1.165) is 16.7 Å². The van der Waals surface area contributed by atoms with Gasteiger partial charge in [-0.05, 0) is 78.2 Å². The lowest BCUT2D eigenvalue weighted by molar-refractivity contribution is -0.129. The second kappa shape index (κ2) is 13.9. The van der Waals surface area contributed by atoms with Crippen molar-refractivity contribution in [3.63, 3.8) is 0 Å². The van der Waals surface area contributed by atoms with Crippen molar-refractivity contribution in [2.24, 2.45) is 5.10 Å². The van der Waals surface area contributed by atoms with E-state index < -0.39 is 18.0 Å². The lowest BCUT2D eigenvalue weighted by atomic mass is 10.2. The zero-order valence-corrected chi connectivity index (χ0v) is 21.4. The van der Waals surface area contributed by atoms with E-state index in [4.69, 9.17) is 14.2 Å². The molecule has 1 atom stereocenters. The minimum absolute atomic E-state index is 0.397. The van der Waals surface area contributed by atoms with Gasteiger partial charge in [-0.15, -0.1) is 0 Å². The number of rotatable bonds is 11. The van der Waals surface area contributed by atoms with Gasteiger partial charge in [0.2, 0.25) is 0 Å². The Labute approximate surface area is 227 Å². The van der Waals surface area contributed by atoms with Crippen molar-refractivity contribution < 1.29 is 23.8 Å². The molecule has 0 saturated heterocycles. The van der Waals surface area contributed by atoms with Gasteiger partial charge in [-0.25, -0.2) is 10.2 Å². The topological polar surface area (TPSA) is 86.2 Å². The molecule has 0 spiro atoms. The summed E-state index contributed by atoms with van der Waals surface area (Å²) in [6.45, 7) is 2.11. The molecular formula is C32H28N2O5. The summed E-state index contributed by atoms with van der Waals surface area (Å²) in [5.74, 6) is 0.773. The number of hydrazone groups is 1. The number of ether oxygens (including phenoxy) is 3. The van der Waals surface area contributed by atoms with Crippen LogP contribution in [0.25, 0.3) is 6.08 Å². The highest BCUT2D eigenvalue weighted by Crippen LogP contribution is 2.20. The molecule has 0 aliphatic carbocycles. The van der Waals surface area contributed by atoms with Gasteiger partial charge in [0, 0.05) is 6.08 Å². The molecule has 1 unspecified atom stereocenters. The first kappa shape index (κ1) is 26.9. The normalized spacial score (nSPS) is 11.7. The van der Waals surface area contributed by atoms with E-state index in [-0.39, 0.29) is 0 Å². The quantitative estimate of drug-likeness (QED) is 0.0888. The first-order valence-corrected chi connectivity index (χ1v) is 12.4. The lowest BCUT2D eigenvalue weighted by Crippen LogP contribution is -2.33. The zero-order valence-electron chi connectivity index (χ0n) is 21.4. The predicted octanol–water partition coefficient (Wildman–Crippen LogP) is 5.80. The van der Waals surface area contributed by atoms with E-state index >= 15 is 0 Å². The van der Waals surface area contributed by atoms with Crippen molar-refractivity contribution in [2.75, 3.05) is 0 Å². The molecule has 0 aliphatic heterocycles. The van der Waals surface area contributed by atoms with Gasteiger partial charge in [-0.2, -0.15) is 5.10 Å². The van der Waals surface area contributed by atoms with Crippen LogP contribution in [0.5, 0.6) is 17.2 Å². The summed E-state index contributed by atoms with van der Waals surface area (Å²) >= 11 is 0. The average molecular weight is 521 g/mol. The van der Waals surface area contributed by atoms with Gasteiger partial charge in [-0.3, -0.25) is 4.79 Å². The molecule has 0 bridgehead atoms. The number of hydrogen-bond donors (Lipinski definition) is 1. The third kappa shape index (κ3) is 9.02. The number of benzene rings is 4. The van der Waals surface area contributed by atoms with Crippen molar-refractivity contribution in [1.82, 2.24) is 5.43 Å². The van der Waals surface area contributed by atoms with Crippen molar-refractivity contribution in [1.29, 1.82) is 0 Å². The SMILES string of the molecule is CC(Oc1ccc(OCc2ccccc2)cc1)C(=O)NN=Cc1ccc(OC(=O)C=Cc2ccccc2)cc1. The third-order valence-electron chi connectivity index (χ3n) is 5.45. The maximum atomic E-state index is 12.4. The van der Waals surface area contributed by atoms with Crippen molar-refractivity contribution >= 4 is 24.2 Å². The Morgan fingerprint density at radius 1 is 0.769 bits per heavy atom. The fraction of sp³-hybridized carbons (Fsp3) is 0.0938. The Morgan fingerprint density at radius 3 is 2.08 bits per heavy atom. The number of amides is 1. The van der Waals surface area contributed by atoms with E-state index in [1.807, 2.05) is 60.7 Å². The first-order valence-electron chi connectivity index (χ1n) is 12.4. The number of hydrogen-bond acceptors (Lipinski definition) is 6. The molecule has 0 fully saturated rings. The Bertz CT molecular complexity index is 1400. The highest BCUT2D eigenvalue weighted by molar-refractivity contribution is 5.89. The maximum absolute atomic E-state index is 12.4. The van der Waals surface area contributed by atoms with Crippen LogP contribution in [0.1, 0.15) is 23.6 Å². The second-order valence-electron chi connectivity index (χ2n) is 8.47. The van der Waals surface area contributed by atoms with Crippen LogP contribution in [0, 0.1) is 0 Å². The van der Waals surface area contributed by atoms with Crippen LogP contribution in [0.4, 0.5) is 0 Å². The summed E-state index contributed by atoms with van der Waals surface area (Å²) < 4.78 is 16.8. The largest absolute Gasteiger partial charge is 0.489 e. The van der Waals surface area contributed by atoms with Crippen molar-refractivity contribution in [2.45, 2.75) is 19.6 Å². The highest BCUT2D eigenvalue weighted by atomic mass is 16.5. The van der Waals surface area contributed by atoms with Crippen LogP contribution in [-0.2, 0) is 16.2 Å². The number of nitrogens with zero attached hydrogens (tertiary/aromatic N) is 1. The molecule has 1 N–H and O–H groups in total. The van der Waals surface area contributed by atoms with Crippen LogP contribution in [-0.4, -0.2) is 24.2 Å². The Morgan fingerprint density at radius 2 is 1.38 bits per heavy atom. The fourth-order valence-electron chi connectivity index (χ4n) is 3.37. The smallest absolute Gasteiger partial charge is 0.336 e. The van der Waals surface area contributed by atoms with Crippen LogP contribution >= 0.6 is 0 Å². The van der Waals surface area contributed by atoms with Crippen LogP contribution in [0.3, 0.4) is 0 Å². The fourth-order valence-corrected chi connectivity index (χ4v) is 3.37. The Balaban J connectivity index is 1.19. The van der Waals surface area contributed by atoms with Gasteiger partial charge < -0.3 is 14.2 Å². The van der Waals surface area contributed by atoms with E-state index in [1.54, 1.807) is 61.5 Å². The van der Waals surface area contributed by atoms with Gasteiger partial charge in [0.05, 0.1) is 6.21 Å². The number of nitrogens with one attached hydrogen (secondary N) is 1. The molecule has 39 heavy (non-hydrogen) atoms. The zero-order chi connectivity index (χ0) is 27.3. The molecule has 4 aromatic rings. The maximum Gasteiger partial charge on any atom is 0.336 e.